The number of amides is 2. The molecule has 0 N–H and O–H groups in total. The second-order valence-corrected chi connectivity index (χ2v) is 7.11. The normalized spacial score (nSPS) is 20.1. The first kappa shape index (κ1) is 16.6. The van der Waals surface area contributed by atoms with Gasteiger partial charge in [-0.15, -0.1) is 0 Å². The van der Waals surface area contributed by atoms with Crippen molar-refractivity contribution in [3.05, 3.63) is 71.3 Å². The quantitative estimate of drug-likeness (QED) is 0.794. The minimum atomic E-state index is -0.247. The molecule has 1 saturated heterocycles. The van der Waals surface area contributed by atoms with Crippen LogP contribution in [-0.4, -0.2) is 24.4 Å². The zero-order chi connectivity index (χ0) is 18.3. The summed E-state index contributed by atoms with van der Waals surface area (Å²) in [6.45, 7) is 5.07. The molecule has 1 atom stereocenters. The molecule has 4 rings (SSSR count). The van der Waals surface area contributed by atoms with Gasteiger partial charge in [0.2, 0.25) is 0 Å². The number of anilines is 2. The summed E-state index contributed by atoms with van der Waals surface area (Å²) in [6.07, 6.45) is 3.43. The van der Waals surface area contributed by atoms with E-state index < -0.39 is 0 Å². The average Bonchev–Trinajstić information content (AvgIpc) is 3.19. The van der Waals surface area contributed by atoms with E-state index in [0.29, 0.717) is 11.3 Å². The van der Waals surface area contributed by atoms with Crippen molar-refractivity contribution in [3.63, 3.8) is 0 Å². The molecule has 0 saturated carbocycles. The van der Waals surface area contributed by atoms with E-state index in [0.717, 1.165) is 25.1 Å². The molecule has 0 spiro atoms. The van der Waals surface area contributed by atoms with Gasteiger partial charge in [0, 0.05) is 23.9 Å². The molecule has 1 fully saturated rings. The van der Waals surface area contributed by atoms with Crippen LogP contribution < -0.4 is 9.80 Å². The van der Waals surface area contributed by atoms with Crippen LogP contribution in [0.25, 0.3) is 0 Å². The first-order chi connectivity index (χ1) is 12.5. The van der Waals surface area contributed by atoms with Gasteiger partial charge in [-0.2, -0.15) is 0 Å². The van der Waals surface area contributed by atoms with Crippen molar-refractivity contribution in [2.24, 2.45) is 0 Å². The summed E-state index contributed by atoms with van der Waals surface area (Å²) in [6, 6.07) is 15.6. The highest BCUT2D eigenvalue weighted by molar-refractivity contribution is 6.31. The Labute approximate surface area is 153 Å². The smallest absolute Gasteiger partial charge is 0.263 e. The van der Waals surface area contributed by atoms with Gasteiger partial charge in [-0.3, -0.25) is 9.59 Å². The van der Waals surface area contributed by atoms with Crippen LogP contribution in [0.4, 0.5) is 11.4 Å². The van der Waals surface area contributed by atoms with Gasteiger partial charge in [-0.05, 0) is 62.1 Å². The standard InChI is InChI=1S/C22H22N2O2/c1-15-11-16(2)13-18(12-15)23-10-6-9-20(23)19-14-21(25)24(22(19)26)17-7-4-3-5-8-17/h3-5,7-8,11-14,20H,6,9-10H2,1-2H3. The molecule has 2 aliphatic heterocycles. The summed E-state index contributed by atoms with van der Waals surface area (Å²) in [5, 5.41) is 0. The van der Waals surface area contributed by atoms with Crippen LogP contribution in [0.2, 0.25) is 0 Å². The Balaban J connectivity index is 1.65. The molecule has 4 heteroatoms. The molecule has 1 unspecified atom stereocenters. The number of benzene rings is 2. The summed E-state index contributed by atoms with van der Waals surface area (Å²) in [5.41, 5.74) is 4.78. The van der Waals surface area contributed by atoms with Gasteiger partial charge in [0.15, 0.2) is 0 Å². The lowest BCUT2D eigenvalue weighted by molar-refractivity contribution is -0.120. The highest BCUT2D eigenvalue weighted by Crippen LogP contribution is 2.34. The molecule has 0 radical (unpaired) electrons. The topological polar surface area (TPSA) is 40.6 Å². The molecule has 0 aromatic heterocycles. The van der Waals surface area contributed by atoms with Gasteiger partial charge < -0.3 is 4.90 Å². The SMILES string of the molecule is Cc1cc(C)cc(N2CCCC2C2=CC(=O)N(c3ccccc3)C2=O)c1. The van der Waals surface area contributed by atoms with Gasteiger partial charge >= 0.3 is 0 Å². The molecule has 2 amide bonds. The molecule has 2 heterocycles. The summed E-state index contributed by atoms with van der Waals surface area (Å²) in [5.74, 6) is -0.439. The second-order valence-electron chi connectivity index (χ2n) is 7.11. The fourth-order valence-electron chi connectivity index (χ4n) is 4.06. The second kappa shape index (κ2) is 6.45. The van der Waals surface area contributed by atoms with E-state index in [2.05, 4.69) is 36.9 Å². The lowest BCUT2D eigenvalue weighted by atomic mass is 10.0. The fraction of sp³-hybridized carbons (Fsp3) is 0.273. The summed E-state index contributed by atoms with van der Waals surface area (Å²) >= 11 is 0. The number of nitrogens with zero attached hydrogens (tertiary/aromatic N) is 2. The maximum Gasteiger partial charge on any atom is 0.263 e. The molecule has 0 aliphatic carbocycles. The number of aryl methyl sites for hydroxylation is 2. The zero-order valence-corrected chi connectivity index (χ0v) is 15.1. The van der Waals surface area contributed by atoms with Crippen molar-refractivity contribution < 1.29 is 9.59 Å². The predicted molar refractivity (Wildman–Crippen MR) is 103 cm³/mol. The third-order valence-electron chi connectivity index (χ3n) is 5.11. The summed E-state index contributed by atoms with van der Waals surface area (Å²) in [7, 11) is 0. The maximum absolute atomic E-state index is 13.0. The number of hydrogen-bond acceptors (Lipinski definition) is 3. The van der Waals surface area contributed by atoms with Gasteiger partial charge in [0.05, 0.1) is 11.7 Å². The number of carbonyl (C=O) groups is 2. The van der Waals surface area contributed by atoms with Crippen molar-refractivity contribution in [2.75, 3.05) is 16.3 Å². The van der Waals surface area contributed by atoms with Crippen LogP contribution in [0.1, 0.15) is 24.0 Å². The van der Waals surface area contributed by atoms with Crippen molar-refractivity contribution in [2.45, 2.75) is 32.7 Å². The molecule has 132 valence electrons. The Kier molecular flexibility index (Phi) is 4.11. The van der Waals surface area contributed by atoms with E-state index in [1.54, 1.807) is 12.1 Å². The summed E-state index contributed by atoms with van der Waals surface area (Å²) in [4.78, 5) is 29.1. The van der Waals surface area contributed by atoms with Crippen molar-refractivity contribution in [1.82, 2.24) is 0 Å². The van der Waals surface area contributed by atoms with Crippen LogP contribution >= 0.6 is 0 Å². The van der Waals surface area contributed by atoms with E-state index in [9.17, 15) is 9.59 Å². The van der Waals surface area contributed by atoms with Gasteiger partial charge in [0.1, 0.15) is 0 Å². The highest BCUT2D eigenvalue weighted by atomic mass is 16.2. The van der Waals surface area contributed by atoms with Crippen LogP contribution in [-0.2, 0) is 9.59 Å². The van der Waals surface area contributed by atoms with Crippen LogP contribution in [0, 0.1) is 13.8 Å². The Morgan fingerprint density at radius 3 is 2.31 bits per heavy atom. The molecule has 4 nitrogen and oxygen atoms in total. The third-order valence-corrected chi connectivity index (χ3v) is 5.11. The van der Waals surface area contributed by atoms with Gasteiger partial charge in [-0.25, -0.2) is 4.90 Å². The van der Waals surface area contributed by atoms with Crippen molar-refractivity contribution in [3.8, 4) is 0 Å². The molecule has 2 aromatic carbocycles. The maximum atomic E-state index is 13.0. The molecule has 26 heavy (non-hydrogen) atoms. The van der Waals surface area contributed by atoms with Crippen molar-refractivity contribution >= 4 is 23.2 Å². The molecular weight excluding hydrogens is 324 g/mol. The Bertz CT molecular complexity index is 881. The lowest BCUT2D eigenvalue weighted by Gasteiger charge is -2.28. The minimum absolute atomic E-state index is 0.0404. The highest BCUT2D eigenvalue weighted by Gasteiger charge is 2.40. The fourth-order valence-corrected chi connectivity index (χ4v) is 4.06. The number of hydrogen-bond donors (Lipinski definition) is 0. The number of rotatable bonds is 3. The minimum Gasteiger partial charge on any atom is -0.364 e. The van der Waals surface area contributed by atoms with E-state index in [1.165, 1.54) is 22.1 Å². The average molecular weight is 346 g/mol. The first-order valence-corrected chi connectivity index (χ1v) is 9.04. The molecule has 2 aliphatic rings. The third kappa shape index (κ3) is 2.81. The van der Waals surface area contributed by atoms with Crippen LogP contribution in [0.3, 0.4) is 0 Å². The Morgan fingerprint density at radius 1 is 0.923 bits per heavy atom. The Morgan fingerprint density at radius 2 is 1.62 bits per heavy atom. The van der Waals surface area contributed by atoms with E-state index in [1.807, 2.05) is 18.2 Å². The molecule has 2 aromatic rings. The van der Waals surface area contributed by atoms with E-state index >= 15 is 0 Å². The number of carbonyl (C=O) groups excluding carboxylic acids is 2. The Hall–Kier alpha value is -2.88. The predicted octanol–water partition coefficient (Wildman–Crippen LogP) is 3.77. The van der Waals surface area contributed by atoms with Crippen LogP contribution in [0.5, 0.6) is 0 Å². The number of imide groups is 1. The first-order valence-electron chi connectivity index (χ1n) is 9.04. The largest absolute Gasteiger partial charge is 0.364 e. The van der Waals surface area contributed by atoms with Gasteiger partial charge in [0.25, 0.3) is 11.8 Å². The number of para-hydroxylation sites is 1. The lowest BCUT2D eigenvalue weighted by Crippen LogP contribution is -2.37. The molecular formula is C22H22N2O2. The van der Waals surface area contributed by atoms with Crippen molar-refractivity contribution in [1.29, 1.82) is 0 Å². The monoisotopic (exact) mass is 346 g/mol. The zero-order valence-electron chi connectivity index (χ0n) is 15.1. The van der Waals surface area contributed by atoms with Gasteiger partial charge in [-0.1, -0.05) is 24.3 Å². The van der Waals surface area contributed by atoms with Crippen LogP contribution in [0.15, 0.2) is 60.2 Å². The van der Waals surface area contributed by atoms with E-state index in [4.69, 9.17) is 0 Å². The van der Waals surface area contributed by atoms with E-state index in [-0.39, 0.29) is 17.9 Å². The molecule has 0 bridgehead atoms. The summed E-state index contributed by atoms with van der Waals surface area (Å²) < 4.78 is 0.